The van der Waals surface area contributed by atoms with Gasteiger partial charge >= 0.3 is 0 Å². The van der Waals surface area contributed by atoms with Gasteiger partial charge in [0.25, 0.3) is 5.89 Å². The topological polar surface area (TPSA) is 85.2 Å². The van der Waals surface area contributed by atoms with Gasteiger partial charge in [-0.15, -0.1) is 0 Å². The first-order chi connectivity index (χ1) is 10.1. The predicted molar refractivity (Wildman–Crippen MR) is 79.8 cm³/mol. The minimum Gasteiger partial charge on any atom is -0.508 e. The molecule has 0 radical (unpaired) electrons. The van der Waals surface area contributed by atoms with Crippen LogP contribution in [0.1, 0.15) is 17.0 Å². The van der Waals surface area contributed by atoms with E-state index in [1.165, 1.54) is 0 Å². The second-order valence-electron chi connectivity index (χ2n) is 4.93. The van der Waals surface area contributed by atoms with E-state index in [0.717, 1.165) is 16.7 Å². The average molecular weight is 281 g/mol. The average Bonchev–Trinajstić information content (AvgIpc) is 2.93. The van der Waals surface area contributed by atoms with E-state index in [-0.39, 0.29) is 5.75 Å². The third-order valence-electron chi connectivity index (χ3n) is 3.29. The molecular formula is C16H15N3O2. The van der Waals surface area contributed by atoms with Crippen molar-refractivity contribution in [3.63, 3.8) is 0 Å². The lowest BCUT2D eigenvalue weighted by Gasteiger charge is -2.00. The van der Waals surface area contributed by atoms with Crippen LogP contribution >= 0.6 is 0 Å². The molecule has 0 atom stereocenters. The highest BCUT2D eigenvalue weighted by Gasteiger charge is 2.10. The first-order valence-corrected chi connectivity index (χ1v) is 6.59. The summed E-state index contributed by atoms with van der Waals surface area (Å²) in [5.41, 5.74) is 9.42. The molecule has 0 saturated carbocycles. The Hall–Kier alpha value is -2.82. The molecule has 0 aliphatic heterocycles. The van der Waals surface area contributed by atoms with Crippen molar-refractivity contribution in [2.24, 2.45) is 0 Å². The quantitative estimate of drug-likeness (QED) is 0.721. The van der Waals surface area contributed by atoms with Gasteiger partial charge in [-0.25, -0.2) is 0 Å². The molecule has 3 aromatic rings. The van der Waals surface area contributed by atoms with Crippen LogP contribution in [-0.2, 0) is 6.42 Å². The highest BCUT2D eigenvalue weighted by molar-refractivity contribution is 5.62. The van der Waals surface area contributed by atoms with E-state index in [9.17, 15) is 5.11 Å². The van der Waals surface area contributed by atoms with Gasteiger partial charge in [0.15, 0.2) is 5.82 Å². The fraction of sp³-hybridized carbons (Fsp3) is 0.125. The molecule has 106 valence electrons. The third kappa shape index (κ3) is 2.86. The standard InChI is InChI=1S/C16H15N3O2/c1-10-2-5-12(9-14(10)17)16-18-15(19-21-16)8-11-3-6-13(20)7-4-11/h2-7,9,20H,8,17H2,1H3. The van der Waals surface area contributed by atoms with Crippen molar-refractivity contribution in [2.45, 2.75) is 13.3 Å². The van der Waals surface area contributed by atoms with Gasteiger partial charge in [-0.05, 0) is 42.3 Å². The van der Waals surface area contributed by atoms with Gasteiger partial charge in [-0.3, -0.25) is 0 Å². The number of aromatic hydroxyl groups is 1. The summed E-state index contributed by atoms with van der Waals surface area (Å²) in [7, 11) is 0. The number of hydrogen-bond donors (Lipinski definition) is 2. The van der Waals surface area contributed by atoms with E-state index in [1.54, 1.807) is 12.1 Å². The van der Waals surface area contributed by atoms with Gasteiger partial charge in [-0.2, -0.15) is 4.98 Å². The summed E-state index contributed by atoms with van der Waals surface area (Å²) in [6.45, 7) is 1.95. The third-order valence-corrected chi connectivity index (χ3v) is 3.29. The monoisotopic (exact) mass is 281 g/mol. The van der Waals surface area contributed by atoms with Crippen LogP contribution in [0.25, 0.3) is 11.5 Å². The lowest BCUT2D eigenvalue weighted by molar-refractivity contribution is 0.424. The minimum atomic E-state index is 0.239. The lowest BCUT2D eigenvalue weighted by Crippen LogP contribution is -1.91. The summed E-state index contributed by atoms with van der Waals surface area (Å²) in [6, 6.07) is 12.6. The molecule has 3 rings (SSSR count). The number of nitrogen functional groups attached to an aromatic ring is 1. The summed E-state index contributed by atoms with van der Waals surface area (Å²) in [5, 5.41) is 13.2. The molecular weight excluding hydrogens is 266 g/mol. The van der Waals surface area contributed by atoms with Crippen molar-refractivity contribution in [3.05, 3.63) is 59.4 Å². The fourth-order valence-electron chi connectivity index (χ4n) is 2.01. The maximum atomic E-state index is 9.26. The molecule has 0 fully saturated rings. The summed E-state index contributed by atoms with van der Waals surface area (Å²) in [4.78, 5) is 4.37. The number of hydrogen-bond acceptors (Lipinski definition) is 5. The van der Waals surface area contributed by atoms with Gasteiger partial charge in [0.2, 0.25) is 0 Å². The SMILES string of the molecule is Cc1ccc(-c2nc(Cc3ccc(O)cc3)no2)cc1N. The summed E-state index contributed by atoms with van der Waals surface area (Å²) in [6.07, 6.45) is 0.547. The number of aromatic nitrogens is 2. The number of aryl methyl sites for hydroxylation is 1. The largest absolute Gasteiger partial charge is 0.508 e. The van der Waals surface area contributed by atoms with Gasteiger partial charge in [-0.1, -0.05) is 23.4 Å². The zero-order valence-electron chi connectivity index (χ0n) is 11.6. The molecule has 21 heavy (non-hydrogen) atoms. The van der Waals surface area contributed by atoms with Crippen LogP contribution in [0.4, 0.5) is 5.69 Å². The van der Waals surface area contributed by atoms with Gasteiger partial charge in [0.05, 0.1) is 0 Å². The van der Waals surface area contributed by atoms with Crippen molar-refractivity contribution < 1.29 is 9.63 Å². The molecule has 2 aromatic carbocycles. The Morgan fingerprint density at radius 1 is 1.14 bits per heavy atom. The molecule has 1 aromatic heterocycles. The molecule has 0 unspecified atom stereocenters. The lowest BCUT2D eigenvalue weighted by atomic mass is 10.1. The molecule has 0 amide bonds. The number of phenols is 1. The van der Waals surface area contributed by atoms with Crippen LogP contribution in [0.2, 0.25) is 0 Å². The van der Waals surface area contributed by atoms with Crippen LogP contribution in [0, 0.1) is 6.92 Å². The van der Waals surface area contributed by atoms with Crippen LogP contribution in [0.3, 0.4) is 0 Å². The smallest absolute Gasteiger partial charge is 0.258 e. The molecule has 0 saturated heterocycles. The summed E-state index contributed by atoms with van der Waals surface area (Å²) >= 11 is 0. The van der Waals surface area contributed by atoms with Crippen molar-refractivity contribution in [1.82, 2.24) is 10.1 Å². The minimum absolute atomic E-state index is 0.239. The first kappa shape index (κ1) is 13.2. The van der Waals surface area contributed by atoms with Crippen molar-refractivity contribution >= 4 is 5.69 Å². The zero-order chi connectivity index (χ0) is 14.8. The molecule has 3 N–H and O–H groups in total. The van der Waals surface area contributed by atoms with E-state index in [4.69, 9.17) is 10.3 Å². The van der Waals surface area contributed by atoms with E-state index in [0.29, 0.717) is 23.8 Å². The second kappa shape index (κ2) is 5.28. The second-order valence-corrected chi connectivity index (χ2v) is 4.93. The Kier molecular flexibility index (Phi) is 3.31. The molecule has 0 aliphatic rings. The van der Waals surface area contributed by atoms with E-state index in [1.807, 2.05) is 37.3 Å². The molecule has 5 nitrogen and oxygen atoms in total. The van der Waals surface area contributed by atoms with Crippen molar-refractivity contribution in [2.75, 3.05) is 5.73 Å². The maximum Gasteiger partial charge on any atom is 0.258 e. The van der Waals surface area contributed by atoms with Crippen LogP contribution in [-0.4, -0.2) is 15.2 Å². The number of nitrogens with zero attached hydrogens (tertiary/aromatic N) is 2. The Balaban J connectivity index is 1.82. The Bertz CT molecular complexity index is 763. The van der Waals surface area contributed by atoms with Gasteiger partial charge < -0.3 is 15.4 Å². The molecule has 0 bridgehead atoms. The number of phenolic OH excluding ortho intramolecular Hbond substituents is 1. The normalized spacial score (nSPS) is 10.7. The molecule has 5 heteroatoms. The van der Waals surface area contributed by atoms with Crippen LogP contribution < -0.4 is 5.73 Å². The predicted octanol–water partition coefficient (Wildman–Crippen LogP) is 2.92. The molecule has 0 spiro atoms. The van der Waals surface area contributed by atoms with Crippen molar-refractivity contribution in [3.8, 4) is 17.2 Å². The summed E-state index contributed by atoms with van der Waals surface area (Å²) in [5.74, 6) is 1.29. The first-order valence-electron chi connectivity index (χ1n) is 6.59. The van der Waals surface area contributed by atoms with Crippen LogP contribution in [0.5, 0.6) is 5.75 Å². The van der Waals surface area contributed by atoms with Crippen LogP contribution in [0.15, 0.2) is 47.0 Å². The fourth-order valence-corrected chi connectivity index (χ4v) is 2.01. The summed E-state index contributed by atoms with van der Waals surface area (Å²) < 4.78 is 5.28. The Labute approximate surface area is 122 Å². The number of benzene rings is 2. The maximum absolute atomic E-state index is 9.26. The van der Waals surface area contributed by atoms with Crippen molar-refractivity contribution in [1.29, 1.82) is 0 Å². The van der Waals surface area contributed by atoms with E-state index in [2.05, 4.69) is 10.1 Å². The number of nitrogens with two attached hydrogens (primary N) is 1. The van der Waals surface area contributed by atoms with Gasteiger partial charge in [0.1, 0.15) is 5.75 Å². The molecule has 0 aliphatic carbocycles. The van der Waals surface area contributed by atoms with E-state index < -0.39 is 0 Å². The van der Waals surface area contributed by atoms with E-state index >= 15 is 0 Å². The van der Waals surface area contributed by atoms with Gasteiger partial charge in [0, 0.05) is 17.7 Å². The highest BCUT2D eigenvalue weighted by atomic mass is 16.5. The molecule has 1 heterocycles. The highest BCUT2D eigenvalue weighted by Crippen LogP contribution is 2.22. The number of rotatable bonds is 3. The number of anilines is 1. The Morgan fingerprint density at radius 2 is 1.90 bits per heavy atom. The Morgan fingerprint density at radius 3 is 2.62 bits per heavy atom. The zero-order valence-corrected chi connectivity index (χ0v) is 11.6.